The third kappa shape index (κ3) is 58.5. The molecule has 0 spiro atoms. The van der Waals surface area contributed by atoms with Gasteiger partial charge in [0.2, 0.25) is 0 Å². The van der Waals surface area contributed by atoms with Gasteiger partial charge in [-0.25, -0.2) is 0 Å². The number of epoxide rings is 1. The van der Waals surface area contributed by atoms with Gasteiger partial charge in [0.25, 0.3) is 0 Å². The van der Waals surface area contributed by atoms with Crippen LogP contribution >= 0.6 is 157 Å². The topological polar surface area (TPSA) is 302 Å². The van der Waals surface area contributed by atoms with E-state index in [4.69, 9.17) is 93.5 Å². The summed E-state index contributed by atoms with van der Waals surface area (Å²) in [6.07, 6.45) is -2.12. The van der Waals surface area contributed by atoms with Crippen molar-refractivity contribution in [2.24, 2.45) is 11.5 Å². The number of benzene rings is 4. The second-order valence-corrected chi connectivity index (χ2v) is 25.7. The average Bonchev–Trinajstić information content (AvgIpc) is 4.47. The monoisotopic (exact) mass is 1490 g/mol. The molecule has 7 unspecified atom stereocenters. The molecule has 1 aliphatic rings. The lowest BCUT2D eigenvalue weighted by Gasteiger charge is -2.16. The highest BCUT2D eigenvalue weighted by atomic mass is 35.5. The van der Waals surface area contributed by atoms with Gasteiger partial charge < -0.3 is 90.6 Å². The van der Waals surface area contributed by atoms with Crippen LogP contribution in [0.4, 0.5) is 0 Å². The summed E-state index contributed by atoms with van der Waals surface area (Å²) < 4.78 is 38.0. The summed E-state index contributed by atoms with van der Waals surface area (Å²) in [7, 11) is 0. The molecule has 1 saturated heterocycles. The number of nitrogens with two attached hydrogens (primary N) is 2. The summed E-state index contributed by atoms with van der Waals surface area (Å²) in [5.74, 6) is 13.7. The number of phenolic OH excluding ortho intramolecular Hbond substituents is 2. The summed E-state index contributed by atoms with van der Waals surface area (Å²) in [5.41, 5.74) is 9.24. The Balaban J connectivity index is -0.00000105. The Morgan fingerprint density at radius 1 is 0.489 bits per heavy atom. The predicted octanol–water partition coefficient (Wildman–Crippen LogP) is 8.08. The van der Waals surface area contributed by atoms with Crippen molar-refractivity contribution >= 4 is 162 Å². The molecule has 508 valence electrons. The normalized spacial score (nSPS) is 13.6. The van der Waals surface area contributed by atoms with E-state index in [1.54, 1.807) is 48.5 Å². The van der Waals surface area contributed by atoms with E-state index >= 15 is 0 Å². The molecule has 5 rings (SSSR count). The fraction of sp³-hybridized carbons (Fsp3) is 0.561. The molecule has 88 heavy (non-hydrogen) atoms. The molecular formula is C57H93Cl3N2O16S10. The van der Waals surface area contributed by atoms with Crippen molar-refractivity contribution in [2.45, 2.75) is 48.4 Å². The van der Waals surface area contributed by atoms with Crippen molar-refractivity contribution in [3.8, 4) is 46.0 Å². The van der Waals surface area contributed by atoms with Crippen LogP contribution in [0, 0.1) is 0 Å². The molecular weight excluding hydrogens is 1400 g/mol. The van der Waals surface area contributed by atoms with Gasteiger partial charge >= 0.3 is 0 Å². The largest absolute Gasteiger partial charge is 0.508 e. The highest BCUT2D eigenvalue weighted by molar-refractivity contribution is 8.01. The van der Waals surface area contributed by atoms with Crippen LogP contribution in [0.25, 0.3) is 0 Å². The Hall–Kier alpha value is -1.33. The molecule has 0 radical (unpaired) electrons. The molecule has 1 heterocycles. The van der Waals surface area contributed by atoms with Crippen LogP contribution in [0.1, 0.15) is 7.43 Å². The minimum absolute atomic E-state index is 0. The van der Waals surface area contributed by atoms with Gasteiger partial charge in [0, 0.05) is 62.3 Å². The Bertz CT molecular complexity index is 2000. The van der Waals surface area contributed by atoms with Gasteiger partial charge in [-0.15, -0.1) is 34.8 Å². The van der Waals surface area contributed by atoms with Gasteiger partial charge in [0.15, 0.2) is 5.11 Å². The van der Waals surface area contributed by atoms with Crippen LogP contribution in [0.5, 0.6) is 46.0 Å². The summed E-state index contributed by atoms with van der Waals surface area (Å²) in [6.45, 7) is 3.27. The zero-order valence-corrected chi connectivity index (χ0v) is 59.0. The number of ether oxygens (including phenoxy) is 7. The number of thiocarbonyl (C=S) groups is 1. The highest BCUT2D eigenvalue weighted by Gasteiger charge is 2.20. The van der Waals surface area contributed by atoms with Crippen LogP contribution in [0.2, 0.25) is 0 Å². The Labute approximate surface area is 586 Å². The van der Waals surface area contributed by atoms with Crippen molar-refractivity contribution in [1.82, 2.24) is 0 Å². The van der Waals surface area contributed by atoms with E-state index in [9.17, 15) is 20.4 Å². The number of hydrogen-bond acceptors (Lipinski definition) is 26. The van der Waals surface area contributed by atoms with Gasteiger partial charge in [0.1, 0.15) is 97.8 Å². The van der Waals surface area contributed by atoms with E-state index in [2.05, 4.69) is 86.8 Å². The van der Waals surface area contributed by atoms with E-state index in [0.29, 0.717) is 87.5 Å². The number of aromatic hydroxyl groups is 2. The van der Waals surface area contributed by atoms with Crippen LogP contribution in [-0.4, -0.2) is 239 Å². The molecule has 4 aromatic rings. The second kappa shape index (κ2) is 64.4. The molecule has 4 aromatic carbocycles. The SMILES string of the molecule is C.ClCC1CO1.NC(N)=S.OC(CCl)COc1ccc(OCC(O)CCl)cc1.OCCS.OCCSCC(O)COc1ccc(OCC(O)CSCCO)cc1.Oc1ccc(O)cc1.SCCSC(CS)COc1ccc(OCC(CS)SCCS)cc1. The lowest BCUT2D eigenvalue weighted by molar-refractivity contribution is 0.123. The predicted molar refractivity (Wildman–Crippen MR) is 393 cm³/mol. The van der Waals surface area contributed by atoms with Gasteiger partial charge in [-0.05, 0) is 121 Å². The minimum Gasteiger partial charge on any atom is -0.508 e. The fourth-order valence-electron chi connectivity index (χ4n) is 5.15. The summed E-state index contributed by atoms with van der Waals surface area (Å²) in [4.78, 5) is 0. The summed E-state index contributed by atoms with van der Waals surface area (Å²) in [5, 5.41) is 81.1. The first-order valence-corrected chi connectivity index (χ1v) is 36.4. The van der Waals surface area contributed by atoms with Crippen LogP contribution < -0.4 is 39.9 Å². The third-order valence-electron chi connectivity index (χ3n) is 9.38. The first kappa shape index (κ1) is 90.9. The zero-order chi connectivity index (χ0) is 65.3. The van der Waals surface area contributed by atoms with Gasteiger partial charge in [-0.2, -0.15) is 110 Å². The Morgan fingerprint density at radius 3 is 0.943 bits per heavy atom. The number of phenols is 2. The van der Waals surface area contributed by atoms with Gasteiger partial charge in [-0.3, -0.25) is 0 Å². The van der Waals surface area contributed by atoms with Crippen molar-refractivity contribution in [3.05, 3.63) is 97.1 Å². The molecule has 0 amide bonds. The van der Waals surface area contributed by atoms with E-state index in [1.165, 1.54) is 47.8 Å². The number of halogens is 3. The van der Waals surface area contributed by atoms with Crippen LogP contribution in [0.3, 0.4) is 0 Å². The zero-order valence-electron chi connectivity index (χ0n) is 48.2. The molecule has 18 nitrogen and oxygen atoms in total. The number of thioether (sulfide) groups is 4. The molecule has 0 saturated carbocycles. The lowest BCUT2D eigenvalue weighted by atomic mass is 10.3. The van der Waals surface area contributed by atoms with E-state index in [1.807, 2.05) is 47.8 Å². The van der Waals surface area contributed by atoms with E-state index in [0.717, 1.165) is 52.6 Å². The quantitative estimate of drug-likeness (QED) is 0.00504. The van der Waals surface area contributed by atoms with Gasteiger partial charge in [-0.1, -0.05) is 7.43 Å². The van der Waals surface area contributed by atoms with Crippen LogP contribution in [-0.2, 0) is 4.74 Å². The number of alkyl halides is 3. The van der Waals surface area contributed by atoms with Crippen molar-refractivity contribution in [1.29, 1.82) is 0 Å². The maximum atomic E-state index is 9.73. The molecule has 1 aliphatic heterocycles. The van der Waals surface area contributed by atoms with Crippen molar-refractivity contribution < 1.29 is 79.1 Å². The third-order valence-corrected chi connectivity index (χ3v) is 17.7. The molecule has 0 aliphatic carbocycles. The van der Waals surface area contributed by atoms with Gasteiger partial charge in [0.05, 0.1) is 62.4 Å². The Morgan fingerprint density at radius 2 is 0.750 bits per heavy atom. The molecule has 13 N–H and O–H groups in total. The molecule has 0 aromatic heterocycles. The molecule has 0 bridgehead atoms. The molecule has 31 heteroatoms. The van der Waals surface area contributed by atoms with Crippen LogP contribution in [0.15, 0.2) is 97.1 Å². The van der Waals surface area contributed by atoms with Crippen molar-refractivity contribution in [2.75, 3.05) is 147 Å². The first-order chi connectivity index (χ1) is 41.9. The number of thiol groups is 5. The minimum atomic E-state index is -0.679. The maximum absolute atomic E-state index is 9.73. The summed E-state index contributed by atoms with van der Waals surface area (Å²) in [6, 6.07) is 27.3. The maximum Gasteiger partial charge on any atom is 0.160 e. The average molecular weight is 1490 g/mol. The number of aliphatic hydroxyl groups is 7. The number of hydrogen-bond donors (Lipinski definition) is 16. The molecule has 1 fully saturated rings. The number of rotatable bonds is 38. The van der Waals surface area contributed by atoms with E-state index in [-0.39, 0.29) is 82.0 Å². The molecule has 7 atom stereocenters. The highest BCUT2D eigenvalue weighted by Crippen LogP contribution is 2.23. The lowest BCUT2D eigenvalue weighted by Crippen LogP contribution is -2.21. The van der Waals surface area contributed by atoms with Crippen molar-refractivity contribution in [3.63, 3.8) is 0 Å². The fourth-order valence-corrected chi connectivity index (χ4v) is 9.73. The summed E-state index contributed by atoms with van der Waals surface area (Å²) >= 11 is 47.8. The standard InChI is InChI=1S/C16H26O6S2.C16H26O2S6.C12H16Cl2O4.C6H6O2.C3H5ClO.C2H6OS.CH4N2S.CH4/c17-5-7-23-11-13(19)9-21-15-1-2-16(4-3-15)22-10-14(20)12-24-8-6-18;19-5-7-23-15(11-21)9-17-13-1-2-14(4-3-13)18-10-16(12-22)24-8-6-20;13-5-9(15)7-17-11-1-2-12(4-3-11)18-8-10(16)6-14;7-5-1-2-6(8)4-3-5;4-1-3-2-5-3;3-1-2-4;2-1(3)4;/h1-4,13-14,17-20H,5-12H2;1-4,15-16,19-22H,5-12H2;1-4,9-10,15-16H,5-8H2;1-4,7-8H;3H,1-2H2;3-4H,1-2H2;(H4,2,3,4);1H4. The van der Waals surface area contributed by atoms with E-state index < -0.39 is 24.4 Å². The number of aliphatic hydroxyl groups excluding tert-OH is 7. The first-order valence-electron chi connectivity index (χ1n) is 26.8. The smallest absolute Gasteiger partial charge is 0.160 e. The second-order valence-electron chi connectivity index (χ2n) is 17.1. The Kier molecular flexibility index (Phi) is 66.5.